The van der Waals surface area contributed by atoms with Crippen LogP contribution < -0.4 is 0 Å². The summed E-state index contributed by atoms with van der Waals surface area (Å²) >= 11 is 3.37. The van der Waals surface area contributed by atoms with Crippen LogP contribution in [0.25, 0.3) is 17.0 Å². The fraction of sp³-hybridized carbons (Fsp3) is 0. The Morgan fingerprint density at radius 1 is 1.12 bits per heavy atom. The van der Waals surface area contributed by atoms with E-state index in [4.69, 9.17) is 0 Å². The number of rotatable bonds is 1. The van der Waals surface area contributed by atoms with Gasteiger partial charge < -0.3 is 5.11 Å². The summed E-state index contributed by atoms with van der Waals surface area (Å²) in [5, 5.41) is 14.1. The van der Waals surface area contributed by atoms with Crippen molar-refractivity contribution in [1.82, 2.24) is 14.6 Å². The zero-order valence-electron chi connectivity index (χ0n) is 8.71. The van der Waals surface area contributed by atoms with Gasteiger partial charge in [-0.25, -0.2) is 9.50 Å². The van der Waals surface area contributed by atoms with E-state index in [1.165, 1.54) is 0 Å². The summed E-state index contributed by atoms with van der Waals surface area (Å²) in [4.78, 5) is 4.36. The van der Waals surface area contributed by atoms with Gasteiger partial charge in [-0.05, 0) is 40.2 Å². The van der Waals surface area contributed by atoms with Crippen LogP contribution in [0.1, 0.15) is 0 Å². The maximum Gasteiger partial charge on any atom is 0.185 e. The quantitative estimate of drug-likeness (QED) is 0.749. The van der Waals surface area contributed by atoms with Crippen molar-refractivity contribution in [3.8, 4) is 17.1 Å². The van der Waals surface area contributed by atoms with E-state index in [0.717, 1.165) is 10.1 Å². The summed E-state index contributed by atoms with van der Waals surface area (Å²) in [7, 11) is 0. The van der Waals surface area contributed by atoms with Gasteiger partial charge in [0.15, 0.2) is 11.5 Å². The molecule has 2 heterocycles. The number of hydrogen-bond donors (Lipinski definition) is 1. The van der Waals surface area contributed by atoms with Crippen molar-refractivity contribution in [2.45, 2.75) is 0 Å². The molecule has 3 rings (SSSR count). The Kier molecular flexibility index (Phi) is 2.33. The van der Waals surface area contributed by atoms with Crippen LogP contribution in [0.3, 0.4) is 0 Å². The van der Waals surface area contributed by atoms with Gasteiger partial charge >= 0.3 is 0 Å². The van der Waals surface area contributed by atoms with Gasteiger partial charge in [0.25, 0.3) is 0 Å². The third-order valence-corrected chi connectivity index (χ3v) is 2.91. The Hall–Kier alpha value is -1.88. The van der Waals surface area contributed by atoms with Crippen molar-refractivity contribution in [3.05, 3.63) is 47.1 Å². The van der Waals surface area contributed by atoms with Crippen molar-refractivity contribution in [2.75, 3.05) is 0 Å². The van der Waals surface area contributed by atoms with E-state index >= 15 is 0 Å². The number of nitrogens with zero attached hydrogens (tertiary/aromatic N) is 3. The number of phenols is 1. The summed E-state index contributed by atoms with van der Waals surface area (Å²) in [6.07, 6.45) is 1.83. The van der Waals surface area contributed by atoms with E-state index in [-0.39, 0.29) is 5.75 Å². The summed E-state index contributed by atoms with van der Waals surface area (Å²) in [5.41, 5.74) is 1.37. The molecule has 0 aliphatic carbocycles. The van der Waals surface area contributed by atoms with Crippen LogP contribution >= 0.6 is 15.9 Å². The number of hydrogen-bond acceptors (Lipinski definition) is 3. The maximum absolute atomic E-state index is 9.75. The zero-order chi connectivity index (χ0) is 11.8. The molecule has 0 unspecified atom stereocenters. The summed E-state index contributed by atoms with van der Waals surface area (Å²) < 4.78 is 2.60. The molecule has 0 fully saturated rings. The first kappa shape index (κ1) is 10.3. The molecule has 2 aromatic heterocycles. The van der Waals surface area contributed by atoms with Gasteiger partial charge in [-0.1, -0.05) is 12.1 Å². The van der Waals surface area contributed by atoms with E-state index in [9.17, 15) is 5.11 Å². The van der Waals surface area contributed by atoms with Crippen LogP contribution in [0.4, 0.5) is 0 Å². The van der Waals surface area contributed by atoms with Crippen LogP contribution in [0.5, 0.6) is 5.75 Å². The third kappa shape index (κ3) is 1.78. The lowest BCUT2D eigenvalue weighted by Crippen LogP contribution is -1.86. The van der Waals surface area contributed by atoms with Crippen LogP contribution in [0.15, 0.2) is 47.1 Å². The number of fused-ring (bicyclic) bond motifs is 1. The van der Waals surface area contributed by atoms with E-state index in [1.807, 2.05) is 24.4 Å². The minimum Gasteiger partial charge on any atom is -0.507 e. The molecule has 0 radical (unpaired) electrons. The Labute approximate surface area is 106 Å². The molecule has 0 aliphatic rings. The average molecular weight is 290 g/mol. The molecule has 0 atom stereocenters. The van der Waals surface area contributed by atoms with E-state index < -0.39 is 0 Å². The van der Waals surface area contributed by atoms with Gasteiger partial charge in [0.2, 0.25) is 0 Å². The molecule has 3 aromatic rings. The second kappa shape index (κ2) is 3.85. The minimum absolute atomic E-state index is 0.183. The summed E-state index contributed by atoms with van der Waals surface area (Å²) in [6.45, 7) is 0. The van der Waals surface area contributed by atoms with Crippen molar-refractivity contribution < 1.29 is 5.11 Å². The van der Waals surface area contributed by atoms with Crippen molar-refractivity contribution in [2.24, 2.45) is 0 Å². The predicted octanol–water partition coefficient (Wildman–Crippen LogP) is 2.86. The molecule has 0 bridgehead atoms. The second-order valence-electron chi connectivity index (χ2n) is 3.60. The van der Waals surface area contributed by atoms with Crippen molar-refractivity contribution in [1.29, 1.82) is 0 Å². The zero-order valence-corrected chi connectivity index (χ0v) is 10.3. The molecule has 1 N–H and O–H groups in total. The molecule has 4 nitrogen and oxygen atoms in total. The van der Waals surface area contributed by atoms with Crippen molar-refractivity contribution in [3.63, 3.8) is 0 Å². The van der Waals surface area contributed by atoms with E-state index in [0.29, 0.717) is 11.4 Å². The molecule has 0 saturated carbocycles. The Bertz CT molecular complexity index is 693. The van der Waals surface area contributed by atoms with Crippen LogP contribution in [-0.4, -0.2) is 19.7 Å². The average Bonchev–Trinajstić information content (AvgIpc) is 2.72. The molecule has 0 saturated heterocycles. The molecule has 0 amide bonds. The third-order valence-electron chi connectivity index (χ3n) is 2.44. The number of phenolic OH excluding ortho intramolecular Hbond substituents is 1. The maximum atomic E-state index is 9.75. The van der Waals surface area contributed by atoms with Gasteiger partial charge in [0, 0.05) is 10.7 Å². The number of aromatic nitrogens is 3. The fourth-order valence-corrected chi connectivity index (χ4v) is 1.96. The molecular weight excluding hydrogens is 282 g/mol. The summed E-state index contributed by atoms with van der Waals surface area (Å²) in [6, 6.07) is 10.8. The molecule has 0 spiro atoms. The number of halogens is 1. The fourth-order valence-electron chi connectivity index (χ4n) is 1.63. The lowest BCUT2D eigenvalue weighted by molar-refractivity contribution is 0.477. The highest BCUT2D eigenvalue weighted by Gasteiger charge is 2.09. The lowest BCUT2D eigenvalue weighted by atomic mass is 10.2. The first-order valence-electron chi connectivity index (χ1n) is 5.04. The smallest absolute Gasteiger partial charge is 0.185 e. The molecule has 0 aliphatic heterocycles. The molecule has 5 heteroatoms. The lowest BCUT2D eigenvalue weighted by Gasteiger charge is -1.97. The normalized spacial score (nSPS) is 10.9. The highest BCUT2D eigenvalue weighted by molar-refractivity contribution is 9.10. The minimum atomic E-state index is 0.183. The Morgan fingerprint density at radius 3 is 2.76 bits per heavy atom. The second-order valence-corrected chi connectivity index (χ2v) is 4.52. The number of para-hydroxylation sites is 1. The summed E-state index contributed by atoms with van der Waals surface area (Å²) in [5.74, 6) is 0.698. The highest BCUT2D eigenvalue weighted by Crippen LogP contribution is 2.26. The predicted molar refractivity (Wildman–Crippen MR) is 67.8 cm³/mol. The topological polar surface area (TPSA) is 50.4 Å². The number of benzene rings is 1. The molecule has 84 valence electrons. The first-order chi connectivity index (χ1) is 8.24. The van der Waals surface area contributed by atoms with Crippen LogP contribution in [-0.2, 0) is 0 Å². The monoisotopic (exact) mass is 289 g/mol. The standard InChI is InChI=1S/C12H8BrN3O/c13-8-5-6-11-14-12(15-16(11)7-8)9-3-1-2-4-10(9)17/h1-7,17H. The largest absolute Gasteiger partial charge is 0.507 e. The van der Waals surface area contributed by atoms with Gasteiger partial charge in [0.1, 0.15) is 5.75 Å². The number of pyridine rings is 1. The Balaban J connectivity index is 2.22. The highest BCUT2D eigenvalue weighted by atomic mass is 79.9. The first-order valence-corrected chi connectivity index (χ1v) is 5.83. The van der Waals surface area contributed by atoms with Gasteiger partial charge in [-0.2, -0.15) is 0 Å². The molecule has 17 heavy (non-hydrogen) atoms. The number of aromatic hydroxyl groups is 1. The van der Waals surface area contributed by atoms with E-state index in [1.54, 1.807) is 22.7 Å². The van der Waals surface area contributed by atoms with Crippen molar-refractivity contribution >= 4 is 21.6 Å². The van der Waals surface area contributed by atoms with Gasteiger partial charge in [-0.15, -0.1) is 5.10 Å². The molecular formula is C12H8BrN3O. The van der Waals surface area contributed by atoms with E-state index in [2.05, 4.69) is 26.0 Å². The Morgan fingerprint density at radius 2 is 1.94 bits per heavy atom. The SMILES string of the molecule is Oc1ccccc1-c1nc2ccc(Br)cn2n1. The molecule has 1 aromatic carbocycles. The van der Waals surface area contributed by atoms with Gasteiger partial charge in [-0.3, -0.25) is 0 Å². The van der Waals surface area contributed by atoms with Crippen LogP contribution in [0.2, 0.25) is 0 Å². The van der Waals surface area contributed by atoms with Gasteiger partial charge in [0.05, 0.1) is 5.56 Å². The van der Waals surface area contributed by atoms with Crippen LogP contribution in [0, 0.1) is 0 Å².